The number of fused-ring (bicyclic) bond motifs is 1. The fourth-order valence-electron chi connectivity index (χ4n) is 2.04. The van der Waals surface area contributed by atoms with Crippen LogP contribution in [-0.4, -0.2) is 24.3 Å². The predicted octanol–water partition coefficient (Wildman–Crippen LogP) is 3.28. The number of phenolic OH excluding ortho intramolecular Hbond substituents is 1. The minimum absolute atomic E-state index is 0.103. The number of hydrogen-bond donors (Lipinski definition) is 1. The van der Waals surface area contributed by atoms with Crippen LogP contribution in [0.3, 0.4) is 0 Å². The first-order valence-electron chi connectivity index (χ1n) is 6.67. The van der Waals surface area contributed by atoms with Crippen molar-refractivity contribution in [1.29, 1.82) is 0 Å². The molecule has 0 bridgehead atoms. The highest BCUT2D eigenvalue weighted by Gasteiger charge is 2.16. The minimum Gasteiger partial charge on any atom is -0.508 e. The number of carbonyl (C=O) groups excluding carboxylic acids is 1. The lowest BCUT2D eigenvalue weighted by atomic mass is 10.2. The van der Waals surface area contributed by atoms with Crippen LogP contribution in [0.15, 0.2) is 40.9 Å². The number of aromatic hydroxyl groups is 1. The lowest BCUT2D eigenvalue weighted by Crippen LogP contribution is -2.15. The van der Waals surface area contributed by atoms with Crippen LogP contribution < -0.4 is 9.47 Å². The topological polar surface area (TPSA) is 65.0 Å². The molecule has 1 aliphatic heterocycles. The van der Waals surface area contributed by atoms with E-state index in [-0.39, 0.29) is 12.4 Å². The molecule has 1 N–H and O–H groups in total. The highest BCUT2D eigenvalue weighted by atomic mass is 79.9. The molecule has 5 nitrogen and oxygen atoms in total. The van der Waals surface area contributed by atoms with Crippen molar-refractivity contribution in [3.05, 3.63) is 52.0 Å². The molecule has 0 saturated heterocycles. The zero-order chi connectivity index (χ0) is 15.5. The van der Waals surface area contributed by atoms with Crippen molar-refractivity contribution in [3.63, 3.8) is 0 Å². The third-order valence-corrected chi connectivity index (χ3v) is 3.91. The minimum atomic E-state index is -0.457. The van der Waals surface area contributed by atoms with E-state index in [2.05, 4.69) is 15.9 Å². The van der Waals surface area contributed by atoms with Gasteiger partial charge in [0.15, 0.2) is 11.5 Å². The molecular formula is C16H13BrO5. The maximum absolute atomic E-state index is 12.0. The summed E-state index contributed by atoms with van der Waals surface area (Å²) in [6.45, 7) is 1.13. The van der Waals surface area contributed by atoms with Gasteiger partial charge in [0.25, 0.3) is 0 Å². The van der Waals surface area contributed by atoms with Crippen LogP contribution in [-0.2, 0) is 11.3 Å². The summed E-state index contributed by atoms with van der Waals surface area (Å²) in [6.07, 6.45) is 0. The number of hydrogen-bond acceptors (Lipinski definition) is 5. The van der Waals surface area contributed by atoms with Gasteiger partial charge in [0.05, 0.1) is 5.56 Å². The molecule has 0 unspecified atom stereocenters. The Kier molecular flexibility index (Phi) is 4.20. The van der Waals surface area contributed by atoms with E-state index in [1.807, 2.05) is 0 Å². The standard InChI is InChI=1S/C16H13BrO5/c17-13-8-15-14(20-5-6-21-15)7-11(13)9-22-16(19)10-1-3-12(18)4-2-10/h1-4,7-8,18H,5-6,9H2. The van der Waals surface area contributed by atoms with Gasteiger partial charge < -0.3 is 19.3 Å². The van der Waals surface area contributed by atoms with E-state index in [0.29, 0.717) is 30.3 Å². The van der Waals surface area contributed by atoms with Gasteiger partial charge >= 0.3 is 5.97 Å². The van der Waals surface area contributed by atoms with Gasteiger partial charge in [-0.3, -0.25) is 0 Å². The van der Waals surface area contributed by atoms with Crippen molar-refractivity contribution in [1.82, 2.24) is 0 Å². The maximum atomic E-state index is 12.0. The van der Waals surface area contributed by atoms with Crippen molar-refractivity contribution in [2.45, 2.75) is 6.61 Å². The third-order valence-electron chi connectivity index (χ3n) is 3.17. The predicted molar refractivity (Wildman–Crippen MR) is 82.4 cm³/mol. The average molecular weight is 365 g/mol. The van der Waals surface area contributed by atoms with Gasteiger partial charge in [0.1, 0.15) is 25.6 Å². The molecule has 3 rings (SSSR count). The van der Waals surface area contributed by atoms with E-state index in [1.54, 1.807) is 12.1 Å². The first-order valence-corrected chi connectivity index (χ1v) is 7.47. The molecule has 0 atom stereocenters. The van der Waals surface area contributed by atoms with E-state index in [4.69, 9.17) is 14.2 Å². The number of benzene rings is 2. The summed E-state index contributed by atoms with van der Waals surface area (Å²) in [4.78, 5) is 12.0. The van der Waals surface area contributed by atoms with Crippen LogP contribution in [0.5, 0.6) is 17.2 Å². The Labute approximate surface area is 135 Å². The van der Waals surface area contributed by atoms with Crippen molar-refractivity contribution < 1.29 is 24.1 Å². The van der Waals surface area contributed by atoms with Crippen LogP contribution in [0.4, 0.5) is 0 Å². The summed E-state index contributed by atoms with van der Waals surface area (Å²) >= 11 is 3.43. The Morgan fingerprint density at radius 3 is 2.45 bits per heavy atom. The fraction of sp³-hybridized carbons (Fsp3) is 0.188. The molecule has 0 aliphatic carbocycles. The van der Waals surface area contributed by atoms with Crippen LogP contribution in [0.1, 0.15) is 15.9 Å². The second kappa shape index (κ2) is 6.27. The fourth-order valence-corrected chi connectivity index (χ4v) is 2.48. The molecule has 6 heteroatoms. The number of esters is 1. The number of halogens is 1. The summed E-state index contributed by atoms with van der Waals surface area (Å²) < 4.78 is 17.1. The summed E-state index contributed by atoms with van der Waals surface area (Å²) in [5, 5.41) is 9.21. The Hall–Kier alpha value is -2.21. The summed E-state index contributed by atoms with van der Waals surface area (Å²) in [5.41, 5.74) is 1.17. The molecule has 0 aromatic heterocycles. The second-order valence-corrected chi connectivity index (χ2v) is 5.56. The van der Waals surface area contributed by atoms with Gasteiger partial charge in [-0.05, 0) is 36.4 Å². The lowest BCUT2D eigenvalue weighted by Gasteiger charge is -2.19. The molecule has 2 aromatic rings. The molecule has 1 aliphatic rings. The zero-order valence-electron chi connectivity index (χ0n) is 11.5. The Morgan fingerprint density at radius 1 is 1.14 bits per heavy atom. The largest absolute Gasteiger partial charge is 0.508 e. The van der Waals surface area contributed by atoms with Crippen molar-refractivity contribution in [2.24, 2.45) is 0 Å². The number of ether oxygens (including phenoxy) is 3. The highest BCUT2D eigenvalue weighted by molar-refractivity contribution is 9.10. The second-order valence-electron chi connectivity index (χ2n) is 4.71. The summed E-state index contributed by atoms with van der Waals surface area (Å²) in [7, 11) is 0. The Morgan fingerprint density at radius 2 is 1.77 bits per heavy atom. The van der Waals surface area contributed by atoms with E-state index in [9.17, 15) is 9.90 Å². The Bertz CT molecular complexity index is 696. The highest BCUT2D eigenvalue weighted by Crippen LogP contribution is 2.35. The van der Waals surface area contributed by atoms with Crippen LogP contribution in [0.25, 0.3) is 0 Å². The average Bonchev–Trinajstić information content (AvgIpc) is 2.53. The first-order chi connectivity index (χ1) is 10.6. The van der Waals surface area contributed by atoms with Gasteiger partial charge in [0.2, 0.25) is 0 Å². The molecule has 0 spiro atoms. The molecule has 0 fully saturated rings. The number of carbonyl (C=O) groups is 1. The van der Waals surface area contributed by atoms with E-state index >= 15 is 0 Å². The molecular weight excluding hydrogens is 352 g/mol. The van der Waals surface area contributed by atoms with Crippen molar-refractivity contribution >= 4 is 21.9 Å². The molecule has 0 radical (unpaired) electrons. The molecule has 0 amide bonds. The SMILES string of the molecule is O=C(OCc1cc2c(cc1Br)OCCO2)c1ccc(O)cc1. The molecule has 22 heavy (non-hydrogen) atoms. The van der Waals surface area contributed by atoms with Crippen molar-refractivity contribution in [2.75, 3.05) is 13.2 Å². The number of rotatable bonds is 3. The normalized spacial score (nSPS) is 12.8. The molecule has 1 heterocycles. The lowest BCUT2D eigenvalue weighted by molar-refractivity contribution is 0.0471. The molecule has 114 valence electrons. The maximum Gasteiger partial charge on any atom is 0.338 e. The Balaban J connectivity index is 1.71. The monoisotopic (exact) mass is 364 g/mol. The quantitative estimate of drug-likeness (QED) is 0.846. The van der Waals surface area contributed by atoms with Crippen LogP contribution in [0, 0.1) is 0 Å². The molecule has 2 aromatic carbocycles. The van der Waals surface area contributed by atoms with Crippen LogP contribution >= 0.6 is 15.9 Å². The van der Waals surface area contributed by atoms with Gasteiger partial charge in [-0.15, -0.1) is 0 Å². The van der Waals surface area contributed by atoms with Crippen molar-refractivity contribution in [3.8, 4) is 17.2 Å². The van der Waals surface area contributed by atoms with Crippen LogP contribution in [0.2, 0.25) is 0 Å². The smallest absolute Gasteiger partial charge is 0.338 e. The zero-order valence-corrected chi connectivity index (χ0v) is 13.1. The van der Waals surface area contributed by atoms with Gasteiger partial charge in [-0.2, -0.15) is 0 Å². The number of phenols is 1. The molecule has 0 saturated carbocycles. The van der Waals surface area contributed by atoms with Gasteiger partial charge in [-0.1, -0.05) is 15.9 Å². The van der Waals surface area contributed by atoms with Gasteiger partial charge in [-0.25, -0.2) is 4.79 Å². The summed E-state index contributed by atoms with van der Waals surface area (Å²) in [5.74, 6) is 0.963. The third kappa shape index (κ3) is 3.17. The van der Waals surface area contributed by atoms with E-state index < -0.39 is 5.97 Å². The van der Waals surface area contributed by atoms with E-state index in [0.717, 1.165) is 10.0 Å². The first kappa shape index (κ1) is 14.7. The summed E-state index contributed by atoms with van der Waals surface area (Å²) in [6, 6.07) is 9.50. The van der Waals surface area contributed by atoms with Gasteiger partial charge in [0, 0.05) is 10.0 Å². The van der Waals surface area contributed by atoms with E-state index in [1.165, 1.54) is 24.3 Å².